The van der Waals surface area contributed by atoms with Gasteiger partial charge in [0.25, 0.3) is 5.91 Å². The summed E-state index contributed by atoms with van der Waals surface area (Å²) < 4.78 is 0.889. The molecule has 0 saturated carbocycles. The van der Waals surface area contributed by atoms with Crippen molar-refractivity contribution in [1.29, 1.82) is 0 Å². The molecular formula is C15H12BrClN2O. The summed E-state index contributed by atoms with van der Waals surface area (Å²) in [4.78, 5) is 11.9. The van der Waals surface area contributed by atoms with E-state index in [-0.39, 0.29) is 5.91 Å². The Bertz CT molecular complexity index is 671. The second-order valence-electron chi connectivity index (χ2n) is 4.18. The van der Waals surface area contributed by atoms with E-state index in [2.05, 4.69) is 26.5 Å². The van der Waals surface area contributed by atoms with Crippen LogP contribution in [0, 0.1) is 6.92 Å². The van der Waals surface area contributed by atoms with Gasteiger partial charge in [0, 0.05) is 20.6 Å². The van der Waals surface area contributed by atoms with Gasteiger partial charge in [-0.3, -0.25) is 4.79 Å². The lowest BCUT2D eigenvalue weighted by atomic mass is 10.1. The van der Waals surface area contributed by atoms with Gasteiger partial charge in [-0.25, -0.2) is 5.43 Å². The highest BCUT2D eigenvalue weighted by Crippen LogP contribution is 2.17. The van der Waals surface area contributed by atoms with Crippen LogP contribution in [-0.2, 0) is 0 Å². The smallest absolute Gasteiger partial charge is 0.267 e. The molecule has 2 aromatic rings. The number of hydrogen-bond donors (Lipinski definition) is 1. The second kappa shape index (κ2) is 6.68. The molecule has 0 heterocycles. The van der Waals surface area contributed by atoms with E-state index in [4.69, 9.17) is 11.6 Å². The molecule has 3 nitrogen and oxygen atoms in total. The molecule has 0 radical (unpaired) electrons. The minimum absolute atomic E-state index is 0.269. The number of benzene rings is 2. The molecule has 2 aromatic carbocycles. The number of hydrogen-bond acceptors (Lipinski definition) is 2. The molecule has 0 aromatic heterocycles. The standard InChI is InChI=1S/C15H12BrClN2O/c1-10-6-7-11(8-13(10)16)15(20)19-18-9-12-4-2-3-5-14(12)17/h2-9H,1H3,(H,19,20). The van der Waals surface area contributed by atoms with Crippen molar-refractivity contribution in [1.82, 2.24) is 5.43 Å². The predicted molar refractivity (Wildman–Crippen MR) is 85.4 cm³/mol. The molecule has 0 aliphatic heterocycles. The third-order valence-corrected chi connectivity index (χ3v) is 3.91. The van der Waals surface area contributed by atoms with E-state index in [0.717, 1.165) is 15.6 Å². The van der Waals surface area contributed by atoms with Gasteiger partial charge in [-0.1, -0.05) is 51.8 Å². The summed E-state index contributed by atoms with van der Waals surface area (Å²) in [5.41, 5.74) is 4.83. The average molecular weight is 352 g/mol. The number of carbonyl (C=O) groups is 1. The van der Waals surface area contributed by atoms with Gasteiger partial charge in [0.1, 0.15) is 0 Å². The van der Waals surface area contributed by atoms with Crippen LogP contribution in [0.2, 0.25) is 5.02 Å². The number of halogens is 2. The summed E-state index contributed by atoms with van der Waals surface area (Å²) in [5, 5.41) is 4.49. The number of nitrogens with zero attached hydrogens (tertiary/aromatic N) is 1. The van der Waals surface area contributed by atoms with E-state index in [1.807, 2.05) is 31.2 Å². The maximum absolute atomic E-state index is 11.9. The van der Waals surface area contributed by atoms with Crippen molar-refractivity contribution < 1.29 is 4.79 Å². The minimum Gasteiger partial charge on any atom is -0.267 e. The normalized spacial score (nSPS) is 10.8. The first kappa shape index (κ1) is 14.8. The fourth-order valence-electron chi connectivity index (χ4n) is 1.54. The summed E-state index contributed by atoms with van der Waals surface area (Å²) in [6.45, 7) is 1.96. The van der Waals surface area contributed by atoms with Crippen LogP contribution in [0.3, 0.4) is 0 Å². The summed E-state index contributed by atoms with van der Waals surface area (Å²) in [6.07, 6.45) is 1.52. The van der Waals surface area contributed by atoms with Gasteiger partial charge in [-0.05, 0) is 30.7 Å². The molecule has 2 rings (SSSR count). The summed E-state index contributed by atoms with van der Waals surface area (Å²) in [5.74, 6) is -0.269. The fourth-order valence-corrected chi connectivity index (χ4v) is 2.10. The lowest BCUT2D eigenvalue weighted by Gasteiger charge is -2.03. The Morgan fingerprint density at radius 1 is 1.30 bits per heavy atom. The van der Waals surface area contributed by atoms with Gasteiger partial charge >= 0.3 is 0 Å². The molecule has 0 spiro atoms. The van der Waals surface area contributed by atoms with Gasteiger partial charge in [0.05, 0.1) is 6.21 Å². The summed E-state index contributed by atoms with van der Waals surface area (Å²) in [7, 11) is 0. The molecule has 0 saturated heterocycles. The second-order valence-corrected chi connectivity index (χ2v) is 5.45. The van der Waals surface area contributed by atoms with Gasteiger partial charge in [-0.15, -0.1) is 0 Å². The maximum atomic E-state index is 11.9. The zero-order valence-corrected chi connectivity index (χ0v) is 13.1. The Morgan fingerprint density at radius 3 is 2.75 bits per heavy atom. The van der Waals surface area contributed by atoms with E-state index in [9.17, 15) is 4.79 Å². The monoisotopic (exact) mass is 350 g/mol. The molecule has 0 bridgehead atoms. The van der Waals surface area contributed by atoms with Crippen LogP contribution in [0.5, 0.6) is 0 Å². The first-order valence-electron chi connectivity index (χ1n) is 5.92. The van der Waals surface area contributed by atoms with E-state index >= 15 is 0 Å². The van der Waals surface area contributed by atoms with Crippen molar-refractivity contribution in [2.24, 2.45) is 5.10 Å². The molecule has 1 amide bonds. The maximum Gasteiger partial charge on any atom is 0.271 e. The zero-order valence-electron chi connectivity index (χ0n) is 10.7. The zero-order chi connectivity index (χ0) is 14.5. The Kier molecular flexibility index (Phi) is 4.93. The van der Waals surface area contributed by atoms with Crippen molar-refractivity contribution in [2.45, 2.75) is 6.92 Å². The van der Waals surface area contributed by atoms with Crippen molar-refractivity contribution >= 4 is 39.7 Å². The highest BCUT2D eigenvalue weighted by Gasteiger charge is 2.05. The van der Waals surface area contributed by atoms with Crippen LogP contribution in [0.1, 0.15) is 21.5 Å². The highest BCUT2D eigenvalue weighted by atomic mass is 79.9. The van der Waals surface area contributed by atoms with Gasteiger partial charge in [0.2, 0.25) is 0 Å². The van der Waals surface area contributed by atoms with E-state index in [1.54, 1.807) is 18.2 Å². The van der Waals surface area contributed by atoms with Crippen molar-refractivity contribution in [3.8, 4) is 0 Å². The molecule has 0 unspecified atom stereocenters. The third kappa shape index (κ3) is 3.68. The molecule has 0 aliphatic rings. The minimum atomic E-state index is -0.269. The van der Waals surface area contributed by atoms with Crippen LogP contribution in [0.15, 0.2) is 52.0 Å². The lowest BCUT2D eigenvalue weighted by Crippen LogP contribution is -2.17. The quantitative estimate of drug-likeness (QED) is 0.654. The number of amides is 1. The van der Waals surface area contributed by atoms with Crippen LogP contribution in [0.25, 0.3) is 0 Å². The predicted octanol–water partition coefficient (Wildman–Crippen LogP) is 4.17. The summed E-state index contributed by atoms with van der Waals surface area (Å²) >= 11 is 9.38. The van der Waals surface area contributed by atoms with Crippen molar-refractivity contribution in [3.63, 3.8) is 0 Å². The first-order valence-corrected chi connectivity index (χ1v) is 7.09. The van der Waals surface area contributed by atoms with E-state index in [1.165, 1.54) is 6.21 Å². The van der Waals surface area contributed by atoms with Crippen molar-refractivity contribution in [2.75, 3.05) is 0 Å². The topological polar surface area (TPSA) is 41.5 Å². The Hall–Kier alpha value is -1.65. The molecular weight excluding hydrogens is 340 g/mol. The van der Waals surface area contributed by atoms with Gasteiger partial charge in [0.15, 0.2) is 0 Å². The molecule has 102 valence electrons. The van der Waals surface area contributed by atoms with Crippen LogP contribution >= 0.6 is 27.5 Å². The van der Waals surface area contributed by atoms with E-state index in [0.29, 0.717) is 10.6 Å². The lowest BCUT2D eigenvalue weighted by molar-refractivity contribution is 0.0955. The third-order valence-electron chi connectivity index (χ3n) is 2.71. The Balaban J connectivity index is 2.05. The number of hydrazone groups is 1. The van der Waals surface area contributed by atoms with Crippen LogP contribution in [0.4, 0.5) is 0 Å². The largest absolute Gasteiger partial charge is 0.271 e. The molecule has 0 fully saturated rings. The van der Waals surface area contributed by atoms with E-state index < -0.39 is 0 Å². The highest BCUT2D eigenvalue weighted by molar-refractivity contribution is 9.10. The molecule has 5 heteroatoms. The Labute approximate surface area is 130 Å². The Morgan fingerprint density at radius 2 is 2.05 bits per heavy atom. The number of carbonyl (C=O) groups excluding carboxylic acids is 1. The van der Waals surface area contributed by atoms with Gasteiger partial charge < -0.3 is 0 Å². The average Bonchev–Trinajstić information content (AvgIpc) is 2.44. The summed E-state index contributed by atoms with van der Waals surface area (Å²) in [6, 6.07) is 12.7. The first-order chi connectivity index (χ1) is 9.58. The van der Waals surface area contributed by atoms with Crippen LogP contribution in [-0.4, -0.2) is 12.1 Å². The SMILES string of the molecule is Cc1ccc(C(=O)NN=Cc2ccccc2Cl)cc1Br. The number of nitrogens with one attached hydrogen (secondary N) is 1. The molecule has 0 aliphatic carbocycles. The molecule has 0 atom stereocenters. The van der Waals surface area contributed by atoms with Crippen molar-refractivity contribution in [3.05, 3.63) is 68.7 Å². The fraction of sp³-hybridized carbons (Fsp3) is 0.0667. The molecule has 20 heavy (non-hydrogen) atoms. The van der Waals surface area contributed by atoms with Crippen LogP contribution < -0.4 is 5.43 Å². The number of aryl methyl sites for hydroxylation is 1. The van der Waals surface area contributed by atoms with Gasteiger partial charge in [-0.2, -0.15) is 5.10 Å². The number of rotatable bonds is 3. The molecule has 1 N–H and O–H groups in total.